The number of hydrogen-bond donors (Lipinski definition) is 2. The van der Waals surface area contributed by atoms with Crippen LogP contribution in [0, 0.1) is 6.92 Å². The lowest BCUT2D eigenvalue weighted by atomic mass is 10.3. The number of anilines is 1. The van der Waals surface area contributed by atoms with Crippen LogP contribution in [0.2, 0.25) is 0 Å². The zero-order chi connectivity index (χ0) is 14.9. The zero-order valence-corrected chi connectivity index (χ0v) is 12.0. The molecule has 2 aromatic heterocycles. The van der Waals surface area contributed by atoms with Crippen molar-refractivity contribution in [3.8, 4) is 5.69 Å². The van der Waals surface area contributed by atoms with Gasteiger partial charge in [-0.1, -0.05) is 12.1 Å². The number of aryl methyl sites for hydroxylation is 1. The molecule has 108 valence electrons. The number of nitrogens with zero attached hydrogens (tertiary/aromatic N) is 3. The van der Waals surface area contributed by atoms with Crippen LogP contribution in [-0.2, 0) is 10.0 Å². The monoisotopic (exact) mass is 303 g/mol. The Labute approximate surface area is 121 Å². The molecule has 1 aromatic carbocycles. The summed E-state index contributed by atoms with van der Waals surface area (Å²) < 4.78 is 29.0. The molecular formula is C13H13N5O2S. The second kappa shape index (κ2) is 5.06. The van der Waals surface area contributed by atoms with Gasteiger partial charge in [0.1, 0.15) is 4.90 Å². The Kier molecular flexibility index (Phi) is 3.22. The molecule has 3 aromatic rings. The molecule has 0 saturated carbocycles. The first kappa shape index (κ1) is 13.4. The number of aromatic amines is 1. The van der Waals surface area contributed by atoms with E-state index in [1.807, 2.05) is 6.07 Å². The Morgan fingerprint density at radius 2 is 2.05 bits per heavy atom. The van der Waals surface area contributed by atoms with Gasteiger partial charge in [0.2, 0.25) is 0 Å². The predicted molar refractivity (Wildman–Crippen MR) is 77.7 cm³/mol. The van der Waals surface area contributed by atoms with Gasteiger partial charge in [-0.2, -0.15) is 10.2 Å². The lowest BCUT2D eigenvalue weighted by molar-refractivity contribution is 0.600. The Balaban J connectivity index is 2.02. The van der Waals surface area contributed by atoms with Gasteiger partial charge >= 0.3 is 0 Å². The first-order valence-electron chi connectivity index (χ1n) is 6.20. The highest BCUT2D eigenvalue weighted by Crippen LogP contribution is 2.23. The van der Waals surface area contributed by atoms with Crippen molar-refractivity contribution < 1.29 is 8.42 Å². The summed E-state index contributed by atoms with van der Waals surface area (Å²) in [6, 6.07) is 8.81. The average molecular weight is 303 g/mol. The summed E-state index contributed by atoms with van der Waals surface area (Å²) in [7, 11) is -3.70. The number of H-pyrrole nitrogens is 1. The standard InChI is InChI=1S/C13H13N5O2S/c1-10-13(9-14-16-10)21(19,20)17-11-5-2-3-6-12(11)18-8-4-7-15-18/h2-9,17H,1H3,(H,14,16). The Morgan fingerprint density at radius 1 is 1.24 bits per heavy atom. The van der Waals surface area contributed by atoms with E-state index in [1.165, 1.54) is 6.20 Å². The van der Waals surface area contributed by atoms with Crippen LogP contribution in [0.15, 0.2) is 53.8 Å². The molecule has 0 aliphatic carbocycles. The fraction of sp³-hybridized carbons (Fsp3) is 0.0769. The molecule has 0 amide bonds. The first-order chi connectivity index (χ1) is 10.1. The lowest BCUT2D eigenvalue weighted by Crippen LogP contribution is -2.15. The highest BCUT2D eigenvalue weighted by atomic mass is 32.2. The maximum atomic E-state index is 12.4. The maximum absolute atomic E-state index is 12.4. The lowest BCUT2D eigenvalue weighted by Gasteiger charge is -2.12. The molecule has 2 N–H and O–H groups in total. The van der Waals surface area contributed by atoms with E-state index in [2.05, 4.69) is 20.0 Å². The molecule has 0 bridgehead atoms. The molecule has 7 nitrogen and oxygen atoms in total. The molecule has 0 radical (unpaired) electrons. The van der Waals surface area contributed by atoms with Crippen LogP contribution in [0.25, 0.3) is 5.69 Å². The summed E-state index contributed by atoms with van der Waals surface area (Å²) in [5.74, 6) is 0. The van der Waals surface area contributed by atoms with Crippen LogP contribution >= 0.6 is 0 Å². The van der Waals surface area contributed by atoms with Crippen LogP contribution in [0.1, 0.15) is 5.69 Å². The first-order valence-corrected chi connectivity index (χ1v) is 7.68. The van der Waals surface area contributed by atoms with E-state index in [-0.39, 0.29) is 4.90 Å². The van der Waals surface area contributed by atoms with Crippen LogP contribution < -0.4 is 4.72 Å². The molecule has 8 heteroatoms. The smallest absolute Gasteiger partial charge is 0.265 e. The van der Waals surface area contributed by atoms with Crippen LogP contribution in [0.3, 0.4) is 0 Å². The van der Waals surface area contributed by atoms with E-state index in [4.69, 9.17) is 0 Å². The van der Waals surface area contributed by atoms with Crippen LogP contribution in [0.4, 0.5) is 5.69 Å². The molecule has 2 heterocycles. The topological polar surface area (TPSA) is 92.7 Å². The summed E-state index contributed by atoms with van der Waals surface area (Å²) in [4.78, 5) is 0.123. The van der Waals surface area contributed by atoms with Crippen molar-refractivity contribution in [2.75, 3.05) is 4.72 Å². The second-order valence-corrected chi connectivity index (χ2v) is 6.08. The van der Waals surface area contributed by atoms with Crippen LogP contribution in [-0.4, -0.2) is 28.4 Å². The quantitative estimate of drug-likeness (QED) is 0.767. The summed E-state index contributed by atoms with van der Waals surface area (Å²) in [5.41, 5.74) is 1.58. The third kappa shape index (κ3) is 2.52. The van der Waals surface area contributed by atoms with Gasteiger partial charge in [-0.15, -0.1) is 0 Å². The molecule has 0 unspecified atom stereocenters. The fourth-order valence-corrected chi connectivity index (χ4v) is 3.19. The van der Waals surface area contributed by atoms with Gasteiger partial charge in [0, 0.05) is 12.4 Å². The van der Waals surface area contributed by atoms with Gasteiger partial charge in [-0.05, 0) is 25.1 Å². The van der Waals surface area contributed by atoms with Crippen molar-refractivity contribution in [3.63, 3.8) is 0 Å². The van der Waals surface area contributed by atoms with E-state index in [9.17, 15) is 8.42 Å². The van der Waals surface area contributed by atoms with E-state index >= 15 is 0 Å². The van der Waals surface area contributed by atoms with Crippen molar-refractivity contribution >= 4 is 15.7 Å². The van der Waals surface area contributed by atoms with Crippen molar-refractivity contribution in [2.45, 2.75) is 11.8 Å². The molecule has 0 saturated heterocycles. The normalized spacial score (nSPS) is 11.5. The molecule has 0 atom stereocenters. The van der Waals surface area contributed by atoms with Crippen molar-refractivity contribution in [2.24, 2.45) is 0 Å². The van der Waals surface area contributed by atoms with E-state index in [0.717, 1.165) is 0 Å². The van der Waals surface area contributed by atoms with E-state index in [0.29, 0.717) is 17.1 Å². The maximum Gasteiger partial charge on any atom is 0.265 e. The van der Waals surface area contributed by atoms with Crippen molar-refractivity contribution in [3.05, 3.63) is 54.6 Å². The SMILES string of the molecule is Cc1[nH]ncc1S(=O)(=O)Nc1ccccc1-n1cccn1. The molecule has 0 aliphatic rings. The second-order valence-electron chi connectivity index (χ2n) is 4.43. The molecular weight excluding hydrogens is 290 g/mol. The number of sulfonamides is 1. The van der Waals surface area contributed by atoms with Gasteiger partial charge in [-0.3, -0.25) is 9.82 Å². The van der Waals surface area contributed by atoms with Gasteiger partial charge in [0.15, 0.2) is 0 Å². The Bertz CT molecular complexity index is 852. The Hall–Kier alpha value is -2.61. The molecule has 0 fully saturated rings. The van der Waals surface area contributed by atoms with Crippen molar-refractivity contribution in [1.82, 2.24) is 20.0 Å². The minimum atomic E-state index is -3.70. The van der Waals surface area contributed by atoms with Gasteiger partial charge in [0.25, 0.3) is 10.0 Å². The molecule has 3 rings (SSSR count). The third-order valence-corrected chi connectivity index (χ3v) is 4.45. The molecule has 0 aliphatic heterocycles. The summed E-state index contributed by atoms with van der Waals surface area (Å²) in [5, 5.41) is 10.5. The minimum absolute atomic E-state index is 0.123. The number of para-hydroxylation sites is 2. The number of rotatable bonds is 4. The van der Waals surface area contributed by atoms with Crippen molar-refractivity contribution in [1.29, 1.82) is 0 Å². The summed E-state index contributed by atoms with van der Waals surface area (Å²) in [6.07, 6.45) is 4.66. The van der Waals surface area contributed by atoms with Gasteiger partial charge in [0.05, 0.1) is 23.3 Å². The van der Waals surface area contributed by atoms with E-state index < -0.39 is 10.0 Å². The highest BCUT2D eigenvalue weighted by Gasteiger charge is 2.20. The van der Waals surface area contributed by atoms with Gasteiger partial charge in [-0.25, -0.2) is 13.1 Å². The van der Waals surface area contributed by atoms with Gasteiger partial charge < -0.3 is 0 Å². The largest absolute Gasteiger partial charge is 0.281 e. The zero-order valence-electron chi connectivity index (χ0n) is 11.2. The summed E-state index contributed by atoms with van der Waals surface area (Å²) >= 11 is 0. The third-order valence-electron chi connectivity index (χ3n) is 2.97. The van der Waals surface area contributed by atoms with E-state index in [1.54, 1.807) is 48.3 Å². The number of nitrogens with one attached hydrogen (secondary N) is 2. The highest BCUT2D eigenvalue weighted by molar-refractivity contribution is 7.92. The predicted octanol–water partition coefficient (Wildman–Crippen LogP) is 1.70. The fourth-order valence-electron chi connectivity index (χ4n) is 1.98. The van der Waals surface area contributed by atoms with Crippen LogP contribution in [0.5, 0.6) is 0 Å². The summed E-state index contributed by atoms with van der Waals surface area (Å²) in [6.45, 7) is 1.65. The molecule has 0 spiro atoms. The average Bonchev–Trinajstić information content (AvgIpc) is 3.10. The number of benzene rings is 1. The minimum Gasteiger partial charge on any atom is -0.281 e. The number of aromatic nitrogens is 4. The molecule has 21 heavy (non-hydrogen) atoms. The number of hydrogen-bond acceptors (Lipinski definition) is 4. The Morgan fingerprint density at radius 3 is 2.71 bits per heavy atom.